The van der Waals surface area contributed by atoms with Crippen molar-refractivity contribution in [3.63, 3.8) is 0 Å². The molecule has 2 aliphatic rings. The third kappa shape index (κ3) is 3.80. The van der Waals surface area contributed by atoms with Crippen molar-refractivity contribution >= 4 is 29.1 Å². The maximum Gasteiger partial charge on any atom is 0.222 e. The fourth-order valence-corrected chi connectivity index (χ4v) is 4.02. The molecular weight excluding hydrogens is 351 g/mol. The Balaban J connectivity index is 1.60. The number of hydrogen-bond donors (Lipinski definition) is 3. The lowest BCUT2D eigenvalue weighted by molar-refractivity contribution is -0.134. The minimum Gasteiger partial charge on any atom is -0.508 e. The van der Waals surface area contributed by atoms with Gasteiger partial charge in [-0.3, -0.25) is 4.79 Å². The Hall–Kier alpha value is -1.01. The number of nitrogens with one attached hydrogen (secondary N) is 1. The van der Waals surface area contributed by atoms with Gasteiger partial charge < -0.3 is 20.4 Å². The van der Waals surface area contributed by atoms with E-state index in [1.807, 2.05) is 4.90 Å². The van der Waals surface area contributed by atoms with Crippen LogP contribution in [0, 0.1) is 5.92 Å². The Labute approximate surface area is 151 Å². The van der Waals surface area contributed by atoms with Gasteiger partial charge in [-0.05, 0) is 43.9 Å². The van der Waals surface area contributed by atoms with Gasteiger partial charge in [-0.15, -0.1) is 0 Å². The van der Waals surface area contributed by atoms with E-state index in [0.29, 0.717) is 54.5 Å². The van der Waals surface area contributed by atoms with Crippen LogP contribution in [0.25, 0.3) is 0 Å². The molecule has 24 heavy (non-hydrogen) atoms. The number of aliphatic hydroxyl groups is 1. The van der Waals surface area contributed by atoms with E-state index in [1.165, 1.54) is 0 Å². The summed E-state index contributed by atoms with van der Waals surface area (Å²) in [6.45, 7) is 1.96. The van der Waals surface area contributed by atoms with E-state index in [-0.39, 0.29) is 29.7 Å². The first-order chi connectivity index (χ1) is 11.5. The molecule has 0 aliphatic carbocycles. The van der Waals surface area contributed by atoms with Crippen molar-refractivity contribution in [2.45, 2.75) is 37.8 Å². The molecular formula is C17H22Cl2N2O3. The van der Waals surface area contributed by atoms with E-state index < -0.39 is 0 Å². The summed E-state index contributed by atoms with van der Waals surface area (Å²) < 4.78 is 0. The minimum atomic E-state index is -0.278. The van der Waals surface area contributed by atoms with E-state index >= 15 is 0 Å². The third-order valence-electron chi connectivity index (χ3n) is 4.96. The summed E-state index contributed by atoms with van der Waals surface area (Å²) in [5, 5.41) is 23.7. The summed E-state index contributed by atoms with van der Waals surface area (Å²) in [5.41, 5.74) is 0.611. The number of amides is 1. The lowest BCUT2D eigenvalue weighted by Gasteiger charge is -2.30. The lowest BCUT2D eigenvalue weighted by atomic mass is 9.96. The molecule has 1 amide bonds. The van der Waals surface area contributed by atoms with Gasteiger partial charge in [-0.1, -0.05) is 23.2 Å². The van der Waals surface area contributed by atoms with Crippen LogP contribution in [0.3, 0.4) is 0 Å². The van der Waals surface area contributed by atoms with Crippen LogP contribution in [0.5, 0.6) is 5.75 Å². The first-order valence-electron chi connectivity index (χ1n) is 8.31. The highest BCUT2D eigenvalue weighted by molar-refractivity contribution is 6.42. The van der Waals surface area contributed by atoms with Crippen molar-refractivity contribution < 1.29 is 15.0 Å². The first kappa shape index (κ1) is 17.8. The molecule has 1 aromatic carbocycles. The molecule has 0 aromatic heterocycles. The minimum absolute atomic E-state index is 0.0998. The van der Waals surface area contributed by atoms with Gasteiger partial charge in [-0.25, -0.2) is 0 Å². The molecule has 3 N–H and O–H groups in total. The molecule has 5 nitrogen and oxygen atoms in total. The van der Waals surface area contributed by atoms with Crippen LogP contribution < -0.4 is 5.32 Å². The average Bonchev–Trinajstić information content (AvgIpc) is 3.00. The number of phenolic OH excluding ortho intramolecular Hbond substituents is 1. The fraction of sp³-hybridized carbons (Fsp3) is 0.588. The smallest absolute Gasteiger partial charge is 0.222 e. The largest absolute Gasteiger partial charge is 0.508 e. The molecule has 0 radical (unpaired) electrons. The summed E-state index contributed by atoms with van der Waals surface area (Å²) in [5.74, 6) is 0.457. The molecule has 2 atom stereocenters. The zero-order chi connectivity index (χ0) is 17.3. The molecule has 7 heteroatoms. The van der Waals surface area contributed by atoms with Gasteiger partial charge in [-0.2, -0.15) is 0 Å². The third-order valence-corrected chi connectivity index (χ3v) is 5.78. The standard InChI is InChI=1S/C17H22Cl2N2O3/c18-12-1-2-14(23)16(17(12)19)13-7-10(9-20-13)8-15(24)21-5-3-11(22)4-6-21/h1-2,10-11,13,20,22-23H,3-9H2/t10-,13+/m0/s1. The molecule has 132 valence electrons. The van der Waals surface area contributed by atoms with Gasteiger partial charge in [0.05, 0.1) is 16.1 Å². The number of piperidine rings is 1. The zero-order valence-electron chi connectivity index (χ0n) is 13.3. The molecule has 0 saturated carbocycles. The number of nitrogens with zero attached hydrogens (tertiary/aromatic N) is 1. The normalized spacial score (nSPS) is 25.2. The summed E-state index contributed by atoms with van der Waals surface area (Å²) in [6, 6.07) is 3.02. The number of hydrogen-bond acceptors (Lipinski definition) is 4. The molecule has 0 bridgehead atoms. The van der Waals surface area contributed by atoms with Crippen molar-refractivity contribution in [3.05, 3.63) is 27.7 Å². The molecule has 0 spiro atoms. The Kier molecular flexibility index (Phi) is 5.55. The molecule has 2 aliphatic heterocycles. The van der Waals surface area contributed by atoms with E-state index in [4.69, 9.17) is 23.2 Å². The van der Waals surface area contributed by atoms with Crippen LogP contribution in [-0.4, -0.2) is 46.8 Å². The summed E-state index contributed by atoms with van der Waals surface area (Å²) in [6.07, 6.45) is 2.24. The number of aliphatic hydroxyl groups excluding tert-OH is 1. The maximum atomic E-state index is 12.4. The zero-order valence-corrected chi connectivity index (χ0v) is 14.9. The molecule has 2 saturated heterocycles. The van der Waals surface area contributed by atoms with Crippen LogP contribution >= 0.6 is 23.2 Å². The van der Waals surface area contributed by atoms with E-state index in [9.17, 15) is 15.0 Å². The van der Waals surface area contributed by atoms with Crippen LogP contribution in [0.1, 0.15) is 37.3 Å². The van der Waals surface area contributed by atoms with E-state index in [2.05, 4.69) is 5.32 Å². The lowest BCUT2D eigenvalue weighted by Crippen LogP contribution is -2.40. The van der Waals surface area contributed by atoms with Crippen LogP contribution in [-0.2, 0) is 4.79 Å². The number of phenols is 1. The number of carbonyl (C=O) groups is 1. The van der Waals surface area contributed by atoms with Crippen molar-refractivity contribution in [1.29, 1.82) is 0 Å². The number of aromatic hydroxyl groups is 1. The highest BCUT2D eigenvalue weighted by atomic mass is 35.5. The quantitative estimate of drug-likeness (QED) is 0.762. The summed E-state index contributed by atoms with van der Waals surface area (Å²) in [7, 11) is 0. The van der Waals surface area contributed by atoms with Crippen molar-refractivity contribution in [1.82, 2.24) is 10.2 Å². The number of likely N-dealkylation sites (tertiary alicyclic amines) is 1. The highest BCUT2D eigenvalue weighted by Crippen LogP contribution is 2.41. The predicted molar refractivity (Wildman–Crippen MR) is 93.4 cm³/mol. The van der Waals surface area contributed by atoms with Gasteiger partial charge in [0.15, 0.2) is 0 Å². The molecule has 0 unspecified atom stereocenters. The molecule has 3 rings (SSSR count). The second-order valence-electron chi connectivity index (χ2n) is 6.67. The molecule has 1 aromatic rings. The number of rotatable bonds is 3. The Morgan fingerprint density at radius 3 is 2.71 bits per heavy atom. The van der Waals surface area contributed by atoms with Crippen molar-refractivity contribution in [3.8, 4) is 5.75 Å². The monoisotopic (exact) mass is 372 g/mol. The SMILES string of the molecule is O=C(C[C@H]1CN[C@@H](c2c(O)ccc(Cl)c2Cl)C1)N1CCC(O)CC1. The fourth-order valence-electron chi connectivity index (χ4n) is 3.56. The average molecular weight is 373 g/mol. The van der Waals surface area contributed by atoms with Crippen LogP contribution in [0.4, 0.5) is 0 Å². The van der Waals surface area contributed by atoms with Crippen molar-refractivity contribution in [2.24, 2.45) is 5.92 Å². The van der Waals surface area contributed by atoms with Gasteiger partial charge in [0, 0.05) is 31.1 Å². The summed E-state index contributed by atoms with van der Waals surface area (Å²) in [4.78, 5) is 14.2. The Morgan fingerprint density at radius 1 is 1.29 bits per heavy atom. The van der Waals surface area contributed by atoms with Crippen molar-refractivity contribution in [2.75, 3.05) is 19.6 Å². The van der Waals surface area contributed by atoms with Crippen LogP contribution in [0.15, 0.2) is 12.1 Å². The molecule has 2 fully saturated rings. The van der Waals surface area contributed by atoms with E-state index in [1.54, 1.807) is 12.1 Å². The number of halogens is 2. The Bertz CT molecular complexity index is 618. The van der Waals surface area contributed by atoms with Gasteiger partial charge in [0.25, 0.3) is 0 Å². The van der Waals surface area contributed by atoms with Gasteiger partial charge in [0.2, 0.25) is 5.91 Å². The van der Waals surface area contributed by atoms with Gasteiger partial charge in [0.1, 0.15) is 5.75 Å². The predicted octanol–water partition coefficient (Wildman–Crippen LogP) is 2.72. The van der Waals surface area contributed by atoms with E-state index in [0.717, 1.165) is 6.42 Å². The van der Waals surface area contributed by atoms with Crippen LogP contribution in [0.2, 0.25) is 10.0 Å². The summed E-state index contributed by atoms with van der Waals surface area (Å²) >= 11 is 12.3. The van der Waals surface area contributed by atoms with Gasteiger partial charge >= 0.3 is 0 Å². The number of carbonyl (C=O) groups excluding carboxylic acids is 1. The second kappa shape index (κ2) is 7.48. The maximum absolute atomic E-state index is 12.4. The molecule has 2 heterocycles. The topological polar surface area (TPSA) is 72.8 Å². The first-order valence-corrected chi connectivity index (χ1v) is 9.07. The highest BCUT2D eigenvalue weighted by Gasteiger charge is 2.32. The second-order valence-corrected chi connectivity index (χ2v) is 7.46. The number of benzene rings is 1. The Morgan fingerprint density at radius 2 is 2.00 bits per heavy atom.